The number of rotatable bonds is 4. The van der Waals surface area contributed by atoms with E-state index in [1.807, 2.05) is 73.8 Å². The Morgan fingerprint density at radius 2 is 1.77 bits per heavy atom. The van der Waals surface area contributed by atoms with Crippen molar-refractivity contribution in [2.75, 3.05) is 6.61 Å². The van der Waals surface area contributed by atoms with E-state index in [-0.39, 0.29) is 6.42 Å². The maximum absolute atomic E-state index is 11.9. The Bertz CT molecular complexity index is 1720. The first-order valence-electron chi connectivity index (χ1n) is 13.2. The van der Waals surface area contributed by atoms with Crippen molar-refractivity contribution in [3.8, 4) is 28.1 Å². The Morgan fingerprint density at radius 1 is 1.05 bits per heavy atom. The number of benzene rings is 3. The Balaban J connectivity index is 0.000000595. The van der Waals surface area contributed by atoms with Crippen molar-refractivity contribution in [2.24, 2.45) is 0 Å². The van der Waals surface area contributed by atoms with Crippen LogP contribution in [0.4, 0.5) is 0 Å². The highest BCUT2D eigenvalue weighted by Gasteiger charge is 2.22. The Kier molecular flexibility index (Phi) is 7.49. The molecular formula is C33H31ClN2O4. The van der Waals surface area contributed by atoms with Crippen LogP contribution < -0.4 is 4.74 Å². The molecule has 2 N–H and O–H groups in total. The van der Waals surface area contributed by atoms with Crippen molar-refractivity contribution in [1.82, 2.24) is 9.97 Å². The number of ether oxygens (including phenoxy) is 1. The molecule has 0 radical (unpaired) electrons. The molecule has 2 aromatic heterocycles. The summed E-state index contributed by atoms with van der Waals surface area (Å²) in [7, 11) is 0. The van der Waals surface area contributed by atoms with E-state index >= 15 is 0 Å². The Hall–Kier alpha value is -4.00. The van der Waals surface area contributed by atoms with Crippen LogP contribution in [0.1, 0.15) is 37.5 Å². The van der Waals surface area contributed by atoms with Gasteiger partial charge in [-0.2, -0.15) is 0 Å². The van der Waals surface area contributed by atoms with E-state index in [0.717, 1.165) is 67.5 Å². The van der Waals surface area contributed by atoms with E-state index in [1.54, 1.807) is 20.8 Å². The lowest BCUT2D eigenvalue weighted by molar-refractivity contribution is -0.136. The fraction of sp³-hybridized carbons (Fsp3) is 0.242. The molecule has 3 heterocycles. The van der Waals surface area contributed by atoms with Crippen molar-refractivity contribution in [2.45, 2.75) is 46.1 Å². The van der Waals surface area contributed by atoms with Gasteiger partial charge in [0, 0.05) is 39.5 Å². The minimum atomic E-state index is -0.876. The van der Waals surface area contributed by atoms with Gasteiger partial charge in [-0.15, -0.1) is 0 Å². The summed E-state index contributed by atoms with van der Waals surface area (Å²) in [4.78, 5) is 21.6. The third kappa shape index (κ3) is 5.79. The minimum Gasteiger partial charge on any atom is -0.493 e. The Labute approximate surface area is 238 Å². The van der Waals surface area contributed by atoms with Gasteiger partial charge in [0.2, 0.25) is 0 Å². The van der Waals surface area contributed by atoms with Gasteiger partial charge in [0.25, 0.3) is 0 Å². The van der Waals surface area contributed by atoms with Gasteiger partial charge in [-0.3, -0.25) is 9.78 Å². The van der Waals surface area contributed by atoms with E-state index in [0.29, 0.717) is 11.6 Å². The van der Waals surface area contributed by atoms with Gasteiger partial charge in [-0.25, -0.2) is 4.98 Å². The molecule has 0 amide bonds. The smallest absolute Gasteiger partial charge is 0.307 e. The molecule has 5 aromatic rings. The molecular weight excluding hydrogens is 524 g/mol. The van der Waals surface area contributed by atoms with Gasteiger partial charge in [0.05, 0.1) is 35.4 Å². The molecule has 6 rings (SSSR count). The lowest BCUT2D eigenvalue weighted by atomic mass is 9.87. The normalized spacial score (nSPS) is 12.6. The van der Waals surface area contributed by atoms with E-state index < -0.39 is 11.6 Å². The predicted molar refractivity (Wildman–Crippen MR) is 160 cm³/mol. The second-order valence-electron chi connectivity index (χ2n) is 11.0. The molecule has 0 fully saturated rings. The van der Waals surface area contributed by atoms with E-state index in [9.17, 15) is 9.90 Å². The zero-order valence-electron chi connectivity index (χ0n) is 23.0. The average Bonchev–Trinajstić information content (AvgIpc) is 2.89. The van der Waals surface area contributed by atoms with Gasteiger partial charge in [0.15, 0.2) is 0 Å². The van der Waals surface area contributed by atoms with E-state index in [4.69, 9.17) is 31.4 Å². The molecule has 0 atom stereocenters. The molecule has 3 aromatic carbocycles. The van der Waals surface area contributed by atoms with E-state index in [1.165, 1.54) is 5.56 Å². The first kappa shape index (κ1) is 27.6. The van der Waals surface area contributed by atoms with Crippen LogP contribution in [0.2, 0.25) is 5.02 Å². The molecule has 0 bridgehead atoms. The number of aryl methyl sites for hydroxylation is 1. The number of nitrogens with zero attached hydrogens (tertiary/aromatic N) is 2. The lowest BCUT2D eigenvalue weighted by Gasteiger charge is -2.21. The second-order valence-corrected chi connectivity index (χ2v) is 11.4. The molecule has 0 spiro atoms. The number of aromatic nitrogens is 2. The number of carboxylic acid groups (broad SMARTS) is 1. The zero-order valence-corrected chi connectivity index (χ0v) is 23.7. The fourth-order valence-corrected chi connectivity index (χ4v) is 5.15. The number of aliphatic hydroxyl groups is 1. The number of carboxylic acids is 1. The quantitative estimate of drug-likeness (QED) is 0.240. The number of hydrogen-bond acceptors (Lipinski definition) is 5. The summed E-state index contributed by atoms with van der Waals surface area (Å²) in [5.74, 6) is -0.0588. The average molecular weight is 555 g/mol. The number of fused-ring (bicyclic) bond motifs is 1. The van der Waals surface area contributed by atoms with Crippen molar-refractivity contribution < 1.29 is 19.7 Å². The highest BCUT2D eigenvalue weighted by Crippen LogP contribution is 2.42. The SMILES string of the molecule is CC(C)(C)O.Cc1cc2nc(-c3ccc(Cl)cc3)ccc2c(-c2ccc3c4c(ccnc24)CCO3)c1CC(=O)O. The van der Waals surface area contributed by atoms with E-state index in [2.05, 4.69) is 0 Å². The molecule has 0 saturated carbocycles. The van der Waals surface area contributed by atoms with Crippen LogP contribution in [-0.2, 0) is 17.6 Å². The summed E-state index contributed by atoms with van der Waals surface area (Å²) in [6.45, 7) is 7.81. The highest BCUT2D eigenvalue weighted by atomic mass is 35.5. The van der Waals surface area contributed by atoms with Gasteiger partial charge >= 0.3 is 5.97 Å². The molecule has 0 aliphatic carbocycles. The maximum Gasteiger partial charge on any atom is 0.307 e. The second kappa shape index (κ2) is 10.9. The first-order chi connectivity index (χ1) is 19.0. The van der Waals surface area contributed by atoms with Crippen molar-refractivity contribution in [3.05, 3.63) is 88.6 Å². The molecule has 7 heteroatoms. The molecule has 0 saturated heterocycles. The van der Waals surface area contributed by atoms with Gasteiger partial charge in [-0.1, -0.05) is 29.8 Å². The van der Waals surface area contributed by atoms with Crippen molar-refractivity contribution in [3.63, 3.8) is 0 Å². The fourth-order valence-electron chi connectivity index (χ4n) is 5.02. The van der Waals surface area contributed by atoms with Gasteiger partial charge in [0.1, 0.15) is 5.75 Å². The summed E-state index contributed by atoms with van der Waals surface area (Å²) in [6, 6.07) is 19.5. The van der Waals surface area contributed by atoms with Crippen LogP contribution in [0.5, 0.6) is 5.75 Å². The third-order valence-electron chi connectivity index (χ3n) is 6.63. The topological polar surface area (TPSA) is 92.5 Å². The monoisotopic (exact) mass is 554 g/mol. The molecule has 1 aliphatic rings. The molecule has 40 heavy (non-hydrogen) atoms. The molecule has 6 nitrogen and oxygen atoms in total. The van der Waals surface area contributed by atoms with Gasteiger partial charge < -0.3 is 14.9 Å². The lowest BCUT2D eigenvalue weighted by Crippen LogP contribution is -2.10. The predicted octanol–water partition coefficient (Wildman–Crippen LogP) is 7.42. The molecule has 0 unspecified atom stereocenters. The van der Waals surface area contributed by atoms with Crippen LogP contribution in [0.3, 0.4) is 0 Å². The van der Waals surface area contributed by atoms with Crippen molar-refractivity contribution >= 4 is 39.4 Å². The van der Waals surface area contributed by atoms with Crippen LogP contribution in [0.15, 0.2) is 66.9 Å². The van der Waals surface area contributed by atoms with Crippen LogP contribution in [0, 0.1) is 6.92 Å². The zero-order chi connectivity index (χ0) is 28.6. The highest BCUT2D eigenvalue weighted by molar-refractivity contribution is 6.30. The third-order valence-corrected chi connectivity index (χ3v) is 6.88. The number of aliphatic carboxylic acids is 1. The van der Waals surface area contributed by atoms with Crippen LogP contribution in [-0.4, -0.2) is 38.4 Å². The maximum atomic E-state index is 11.9. The summed E-state index contributed by atoms with van der Waals surface area (Å²) in [6.07, 6.45) is 2.55. The van der Waals surface area contributed by atoms with Crippen LogP contribution in [0.25, 0.3) is 44.2 Å². The number of hydrogen-bond donors (Lipinski definition) is 2. The Morgan fingerprint density at radius 3 is 2.48 bits per heavy atom. The standard InChI is InChI=1S/C29H21ClN2O3.C4H10O/c1-16-14-24-20(6-8-23(32-24)17-2-4-19(30)5-3-17)28(22(16)15-26(33)34)21-7-9-25-27-18(11-13-35-25)10-12-31-29(21)27;1-4(2,3)5/h2-10,12,14H,11,13,15H2,1H3,(H,33,34);5H,1-3H3. The summed E-state index contributed by atoms with van der Waals surface area (Å²) in [5.41, 5.74) is 7.51. The van der Waals surface area contributed by atoms with Crippen molar-refractivity contribution in [1.29, 1.82) is 0 Å². The molecule has 204 valence electrons. The van der Waals surface area contributed by atoms with Gasteiger partial charge in [-0.05, 0) is 92.4 Å². The number of halogens is 1. The molecule has 1 aliphatic heterocycles. The summed E-state index contributed by atoms with van der Waals surface area (Å²) >= 11 is 6.06. The minimum absolute atomic E-state index is 0.0878. The number of carbonyl (C=O) groups is 1. The first-order valence-corrected chi connectivity index (χ1v) is 13.5. The number of pyridine rings is 2. The van der Waals surface area contributed by atoms with Crippen LogP contribution >= 0.6 is 11.6 Å². The largest absolute Gasteiger partial charge is 0.493 e. The summed E-state index contributed by atoms with van der Waals surface area (Å²) in [5, 5.41) is 20.8. The summed E-state index contributed by atoms with van der Waals surface area (Å²) < 4.78 is 5.91.